The number of hydrogen-bond donors (Lipinski definition) is 1. The van der Waals surface area contributed by atoms with Crippen molar-refractivity contribution in [3.8, 4) is 11.5 Å². The fraction of sp³-hybridized carbons (Fsp3) is 0.208. The number of aryl methyl sites for hydroxylation is 1. The zero-order valence-corrected chi connectivity index (χ0v) is 16.2. The van der Waals surface area contributed by atoms with Crippen LogP contribution in [-0.2, 0) is 13.0 Å². The number of ether oxygens (including phenoxy) is 2. The Morgan fingerprint density at radius 2 is 1.83 bits per heavy atom. The van der Waals surface area contributed by atoms with Gasteiger partial charge in [-0.05, 0) is 47.9 Å². The molecule has 5 nitrogen and oxygen atoms in total. The normalized spacial score (nSPS) is 16.8. The number of nitrogens with zero attached hydrogens (tertiary/aromatic N) is 1. The van der Waals surface area contributed by atoms with Gasteiger partial charge in [0.15, 0.2) is 11.5 Å². The summed E-state index contributed by atoms with van der Waals surface area (Å²) in [6.45, 7) is 2.86. The van der Waals surface area contributed by atoms with E-state index in [2.05, 4.69) is 24.4 Å². The molecular weight excluding hydrogens is 364 g/mol. The van der Waals surface area contributed by atoms with Crippen LogP contribution in [-0.4, -0.2) is 17.6 Å². The van der Waals surface area contributed by atoms with E-state index < -0.39 is 0 Å². The van der Waals surface area contributed by atoms with Crippen LogP contribution in [0.25, 0.3) is 0 Å². The summed E-state index contributed by atoms with van der Waals surface area (Å²) < 4.78 is 10.9. The maximum absolute atomic E-state index is 13.2. The summed E-state index contributed by atoms with van der Waals surface area (Å²) in [7, 11) is 0. The smallest absolute Gasteiger partial charge is 0.256 e. The van der Waals surface area contributed by atoms with Gasteiger partial charge >= 0.3 is 0 Å². The first-order valence-electron chi connectivity index (χ1n) is 9.87. The summed E-state index contributed by atoms with van der Waals surface area (Å²) in [4.78, 5) is 15.1. The minimum atomic E-state index is -0.226. The van der Waals surface area contributed by atoms with Gasteiger partial charge in [0.1, 0.15) is 6.17 Å². The van der Waals surface area contributed by atoms with E-state index in [-0.39, 0.29) is 18.9 Å². The van der Waals surface area contributed by atoms with Crippen LogP contribution >= 0.6 is 0 Å². The molecule has 0 saturated heterocycles. The minimum Gasteiger partial charge on any atom is -0.454 e. The molecular formula is C24H22N2O3. The maximum Gasteiger partial charge on any atom is 0.256 e. The largest absolute Gasteiger partial charge is 0.454 e. The molecule has 3 aromatic rings. The predicted molar refractivity (Wildman–Crippen MR) is 111 cm³/mol. The van der Waals surface area contributed by atoms with Gasteiger partial charge in [-0.3, -0.25) is 4.79 Å². The molecule has 0 unspecified atom stereocenters. The number of nitrogens with one attached hydrogen (secondary N) is 1. The number of carbonyl (C=O) groups is 1. The van der Waals surface area contributed by atoms with E-state index in [1.807, 2.05) is 59.5 Å². The number of hydrogen-bond acceptors (Lipinski definition) is 4. The third-order valence-corrected chi connectivity index (χ3v) is 5.49. The molecule has 3 aromatic carbocycles. The van der Waals surface area contributed by atoms with Crippen molar-refractivity contribution in [3.05, 3.63) is 89.0 Å². The van der Waals surface area contributed by atoms with E-state index in [1.165, 1.54) is 5.56 Å². The molecule has 2 heterocycles. The standard InChI is InChI=1S/C24H22N2O3/c1-2-16-6-5-7-18(12-16)25-23-19-8-3-4-9-20(19)24(27)26(23)14-17-10-11-21-22(13-17)29-15-28-21/h3-13,23,25H,2,14-15H2,1H3/t23-/m1/s1. The van der Waals surface area contributed by atoms with E-state index >= 15 is 0 Å². The lowest BCUT2D eigenvalue weighted by Crippen LogP contribution is -2.31. The Balaban J connectivity index is 1.48. The molecule has 1 N–H and O–H groups in total. The van der Waals surface area contributed by atoms with E-state index in [1.54, 1.807) is 0 Å². The van der Waals surface area contributed by atoms with Crippen molar-refractivity contribution >= 4 is 11.6 Å². The third-order valence-electron chi connectivity index (χ3n) is 5.49. The Morgan fingerprint density at radius 3 is 2.72 bits per heavy atom. The minimum absolute atomic E-state index is 0.0300. The van der Waals surface area contributed by atoms with E-state index in [0.29, 0.717) is 6.54 Å². The Morgan fingerprint density at radius 1 is 0.966 bits per heavy atom. The summed E-state index contributed by atoms with van der Waals surface area (Å²) in [5.41, 5.74) is 5.02. The van der Waals surface area contributed by atoms with Crippen molar-refractivity contribution in [2.45, 2.75) is 26.1 Å². The zero-order chi connectivity index (χ0) is 19.8. The Bertz CT molecular complexity index is 1080. The van der Waals surface area contributed by atoms with Gasteiger partial charge in [-0.1, -0.05) is 43.3 Å². The molecule has 29 heavy (non-hydrogen) atoms. The van der Waals surface area contributed by atoms with Crippen molar-refractivity contribution in [1.82, 2.24) is 4.90 Å². The summed E-state index contributed by atoms with van der Waals surface area (Å²) >= 11 is 0. The van der Waals surface area contributed by atoms with Gasteiger partial charge in [0.25, 0.3) is 5.91 Å². The van der Waals surface area contributed by atoms with Crippen molar-refractivity contribution in [2.75, 3.05) is 12.1 Å². The number of benzene rings is 3. The van der Waals surface area contributed by atoms with Gasteiger partial charge in [0, 0.05) is 23.4 Å². The zero-order valence-electron chi connectivity index (χ0n) is 16.2. The predicted octanol–water partition coefficient (Wildman–Crippen LogP) is 4.74. The second-order valence-corrected chi connectivity index (χ2v) is 7.31. The Hall–Kier alpha value is -3.47. The second-order valence-electron chi connectivity index (χ2n) is 7.31. The van der Waals surface area contributed by atoms with E-state index in [9.17, 15) is 4.79 Å². The molecule has 0 spiro atoms. The summed E-state index contributed by atoms with van der Waals surface area (Å²) in [5.74, 6) is 1.50. The molecule has 0 bridgehead atoms. The molecule has 1 atom stereocenters. The second kappa shape index (κ2) is 7.17. The van der Waals surface area contributed by atoms with E-state index in [0.717, 1.165) is 40.3 Å². The van der Waals surface area contributed by atoms with Gasteiger partial charge < -0.3 is 19.7 Å². The SMILES string of the molecule is CCc1cccc(N[C@H]2c3ccccc3C(=O)N2Cc2ccc3c(c2)OCO3)c1. The van der Waals surface area contributed by atoms with Crippen LogP contribution in [0.4, 0.5) is 5.69 Å². The molecule has 5 heteroatoms. The van der Waals surface area contributed by atoms with Gasteiger partial charge in [-0.25, -0.2) is 0 Å². The maximum atomic E-state index is 13.2. The fourth-order valence-corrected chi connectivity index (χ4v) is 3.96. The Labute approximate surface area is 169 Å². The van der Waals surface area contributed by atoms with Crippen molar-refractivity contribution < 1.29 is 14.3 Å². The first-order valence-corrected chi connectivity index (χ1v) is 9.87. The molecule has 2 aliphatic heterocycles. The summed E-state index contributed by atoms with van der Waals surface area (Å²) in [5, 5.41) is 3.57. The van der Waals surface area contributed by atoms with Gasteiger partial charge in [0.2, 0.25) is 6.79 Å². The molecule has 0 aromatic heterocycles. The number of amides is 1. The summed E-state index contributed by atoms with van der Waals surface area (Å²) in [6.07, 6.45) is 0.743. The van der Waals surface area contributed by atoms with Gasteiger partial charge in [0.05, 0.1) is 0 Å². The highest BCUT2D eigenvalue weighted by Gasteiger charge is 2.36. The quantitative estimate of drug-likeness (QED) is 0.688. The van der Waals surface area contributed by atoms with Crippen molar-refractivity contribution in [3.63, 3.8) is 0 Å². The number of carbonyl (C=O) groups excluding carboxylic acids is 1. The topological polar surface area (TPSA) is 50.8 Å². The van der Waals surface area contributed by atoms with Crippen LogP contribution in [0.1, 0.15) is 40.1 Å². The average Bonchev–Trinajstić information content (AvgIpc) is 3.32. The van der Waals surface area contributed by atoms with Gasteiger partial charge in [-0.2, -0.15) is 0 Å². The van der Waals surface area contributed by atoms with Gasteiger partial charge in [-0.15, -0.1) is 0 Å². The van der Waals surface area contributed by atoms with Crippen LogP contribution in [0.15, 0.2) is 66.7 Å². The lowest BCUT2D eigenvalue weighted by atomic mass is 10.1. The molecule has 2 aliphatic rings. The monoisotopic (exact) mass is 386 g/mol. The van der Waals surface area contributed by atoms with Crippen LogP contribution in [0.5, 0.6) is 11.5 Å². The number of anilines is 1. The average molecular weight is 386 g/mol. The molecule has 0 fully saturated rings. The number of fused-ring (bicyclic) bond motifs is 2. The Kier molecular flexibility index (Phi) is 4.35. The lowest BCUT2D eigenvalue weighted by Gasteiger charge is -2.27. The first kappa shape index (κ1) is 17.6. The lowest BCUT2D eigenvalue weighted by molar-refractivity contribution is 0.0728. The molecule has 1 amide bonds. The van der Waals surface area contributed by atoms with Crippen LogP contribution in [0.3, 0.4) is 0 Å². The fourth-order valence-electron chi connectivity index (χ4n) is 3.96. The molecule has 0 radical (unpaired) electrons. The highest BCUT2D eigenvalue weighted by Crippen LogP contribution is 2.37. The van der Waals surface area contributed by atoms with Crippen molar-refractivity contribution in [1.29, 1.82) is 0 Å². The molecule has 0 aliphatic carbocycles. The molecule has 146 valence electrons. The molecule has 5 rings (SSSR count). The highest BCUT2D eigenvalue weighted by atomic mass is 16.7. The third kappa shape index (κ3) is 3.18. The highest BCUT2D eigenvalue weighted by molar-refractivity contribution is 5.99. The van der Waals surface area contributed by atoms with Crippen molar-refractivity contribution in [2.24, 2.45) is 0 Å². The summed E-state index contributed by atoms with van der Waals surface area (Å²) in [6, 6.07) is 22.0. The first-order chi connectivity index (χ1) is 14.2. The van der Waals surface area contributed by atoms with Crippen LogP contribution < -0.4 is 14.8 Å². The molecule has 0 saturated carbocycles. The van der Waals surface area contributed by atoms with E-state index in [4.69, 9.17) is 9.47 Å². The van der Waals surface area contributed by atoms with Crippen LogP contribution in [0, 0.1) is 0 Å². The van der Waals surface area contributed by atoms with Crippen LogP contribution in [0.2, 0.25) is 0 Å². The number of rotatable bonds is 5.